The van der Waals surface area contributed by atoms with Crippen LogP contribution in [0.5, 0.6) is 0 Å². The quantitative estimate of drug-likeness (QED) is 0.161. The first-order valence-corrected chi connectivity index (χ1v) is 19.7. The Morgan fingerprint density at radius 3 is 1.61 bits per heavy atom. The van der Waals surface area contributed by atoms with E-state index < -0.39 is 0 Å². The van der Waals surface area contributed by atoms with Gasteiger partial charge in [-0.15, -0.1) is 0 Å². The van der Waals surface area contributed by atoms with Crippen molar-refractivity contribution in [3.8, 4) is 22.5 Å². The molecule has 0 fully saturated rings. The summed E-state index contributed by atoms with van der Waals surface area (Å²) < 4.78 is 7.53. The average molecular weight is 724 g/mol. The third-order valence-electron chi connectivity index (χ3n) is 12.4. The van der Waals surface area contributed by atoms with Crippen LogP contribution in [0.4, 0.5) is 0 Å². The smallest absolute Gasteiger partial charge is 0.0803 e. The molecule has 0 aliphatic heterocycles. The lowest BCUT2D eigenvalue weighted by molar-refractivity contribution is 1.18. The maximum Gasteiger partial charge on any atom is 0.0803 e. The lowest BCUT2D eigenvalue weighted by Crippen LogP contribution is -1.97. The fraction of sp³-hybridized carbons (Fsp3) is 0. The third kappa shape index (κ3) is 4.15. The van der Waals surface area contributed by atoms with E-state index in [-0.39, 0.29) is 0 Å². The first-order chi connectivity index (χ1) is 28.3. The summed E-state index contributed by atoms with van der Waals surface area (Å²) in [5.41, 5.74) is 13.2. The van der Waals surface area contributed by atoms with Crippen molar-refractivity contribution in [1.82, 2.24) is 13.5 Å². The van der Waals surface area contributed by atoms with Crippen molar-refractivity contribution in [3.63, 3.8) is 0 Å². The van der Waals surface area contributed by atoms with Crippen LogP contribution in [0.2, 0.25) is 0 Å². The summed E-state index contributed by atoms with van der Waals surface area (Å²) in [6.45, 7) is 0. The van der Waals surface area contributed by atoms with Crippen molar-refractivity contribution in [3.05, 3.63) is 200 Å². The van der Waals surface area contributed by atoms with Crippen LogP contribution in [-0.4, -0.2) is 13.5 Å². The molecule has 3 heteroatoms. The van der Waals surface area contributed by atoms with Crippen LogP contribution in [-0.2, 0) is 0 Å². The van der Waals surface area contributed by atoms with E-state index in [2.05, 4.69) is 214 Å². The molecule has 0 unspecified atom stereocenters. The van der Waals surface area contributed by atoms with Gasteiger partial charge in [-0.1, -0.05) is 152 Å². The van der Waals surface area contributed by atoms with Crippen LogP contribution in [0.1, 0.15) is 0 Å². The van der Waals surface area contributed by atoms with Crippen LogP contribution in [0.3, 0.4) is 0 Å². The Morgan fingerprint density at radius 1 is 0.281 bits per heavy atom. The molecule has 4 aromatic heterocycles. The van der Waals surface area contributed by atoms with Gasteiger partial charge in [0, 0.05) is 43.4 Å². The molecule has 0 bridgehead atoms. The molecule has 0 saturated heterocycles. The normalized spacial score (nSPS) is 12.2. The standard InChI is InChI=1S/C54H33N3/c1-2-14-34(15-3-1)36-26-29-44-51(32-36)57-48-25-13-8-19-40(48)39-18-6-7-22-43(39)53(57)54(44)56-49-31-28-37(33-45(49)52-38-17-5-4-16-35(38)27-30-50(52)56)55-46-23-11-9-20-41(46)42-21-10-12-24-47(42)55/h1-33H. The van der Waals surface area contributed by atoms with Crippen molar-refractivity contribution in [2.24, 2.45) is 0 Å². The zero-order chi connectivity index (χ0) is 37.2. The number of benzene rings is 9. The van der Waals surface area contributed by atoms with Gasteiger partial charge >= 0.3 is 0 Å². The maximum atomic E-state index is 2.56. The summed E-state index contributed by atoms with van der Waals surface area (Å²) in [6, 6.07) is 73.8. The number of hydrogen-bond donors (Lipinski definition) is 0. The Morgan fingerprint density at radius 2 is 0.860 bits per heavy atom. The van der Waals surface area contributed by atoms with Gasteiger partial charge in [0.1, 0.15) is 0 Å². The molecule has 0 atom stereocenters. The molecule has 0 amide bonds. The van der Waals surface area contributed by atoms with Gasteiger partial charge in [-0.2, -0.15) is 0 Å². The Bertz CT molecular complexity index is 3750. The summed E-state index contributed by atoms with van der Waals surface area (Å²) in [4.78, 5) is 0. The second-order valence-electron chi connectivity index (χ2n) is 15.3. The van der Waals surface area contributed by atoms with E-state index >= 15 is 0 Å². The summed E-state index contributed by atoms with van der Waals surface area (Å²) in [6.07, 6.45) is 0. The Balaban J connectivity index is 1.23. The SMILES string of the molecule is c1ccc(-c2ccc3c(-n4c5ccc(-n6c7ccccc7c7ccccc76)cc5c5c6ccccc6ccc54)c4c5ccccc5c5ccccc5n4c3c2)cc1. The molecule has 0 aliphatic rings. The molecule has 3 nitrogen and oxygen atoms in total. The number of aromatic nitrogens is 3. The monoisotopic (exact) mass is 723 g/mol. The van der Waals surface area contributed by atoms with Crippen molar-refractivity contribution >= 4 is 92.5 Å². The molecular formula is C54H33N3. The van der Waals surface area contributed by atoms with Gasteiger partial charge in [0.15, 0.2) is 0 Å². The minimum atomic E-state index is 1.16. The molecule has 0 radical (unpaired) electrons. The van der Waals surface area contributed by atoms with Crippen LogP contribution in [0.15, 0.2) is 200 Å². The fourth-order valence-electron chi connectivity index (χ4n) is 9.99. The highest BCUT2D eigenvalue weighted by atomic mass is 15.0. The predicted molar refractivity (Wildman–Crippen MR) is 242 cm³/mol. The summed E-state index contributed by atoms with van der Waals surface area (Å²) in [5, 5.41) is 12.5. The van der Waals surface area contributed by atoms with Crippen LogP contribution >= 0.6 is 0 Å². The topological polar surface area (TPSA) is 14.3 Å². The second-order valence-corrected chi connectivity index (χ2v) is 15.3. The van der Waals surface area contributed by atoms with Gasteiger partial charge < -0.3 is 13.5 Å². The lowest BCUT2D eigenvalue weighted by atomic mass is 10.0. The lowest BCUT2D eigenvalue weighted by Gasteiger charge is -2.13. The van der Waals surface area contributed by atoms with Crippen LogP contribution in [0, 0.1) is 0 Å². The molecular weight excluding hydrogens is 691 g/mol. The molecule has 13 aromatic rings. The van der Waals surface area contributed by atoms with E-state index in [0.717, 1.165) is 5.69 Å². The number of nitrogens with zero attached hydrogens (tertiary/aromatic N) is 3. The zero-order valence-electron chi connectivity index (χ0n) is 30.9. The average Bonchev–Trinajstić information content (AvgIpc) is 3.92. The van der Waals surface area contributed by atoms with Gasteiger partial charge in [0.05, 0.1) is 44.3 Å². The highest BCUT2D eigenvalue weighted by Crippen LogP contribution is 2.46. The van der Waals surface area contributed by atoms with E-state index in [1.54, 1.807) is 0 Å². The molecule has 13 rings (SSSR count). The Labute approximate surface area is 327 Å². The number of pyridine rings is 1. The molecule has 0 saturated carbocycles. The first kappa shape index (κ1) is 30.7. The fourth-order valence-corrected chi connectivity index (χ4v) is 9.99. The van der Waals surface area contributed by atoms with Gasteiger partial charge in [0.2, 0.25) is 0 Å². The van der Waals surface area contributed by atoms with Crippen LogP contribution < -0.4 is 0 Å². The van der Waals surface area contributed by atoms with Crippen molar-refractivity contribution in [1.29, 1.82) is 0 Å². The number of rotatable bonds is 3. The van der Waals surface area contributed by atoms with E-state index in [1.807, 2.05) is 0 Å². The Hall–Kier alpha value is -7.62. The predicted octanol–water partition coefficient (Wildman–Crippen LogP) is 14.4. The molecule has 0 N–H and O–H groups in total. The minimum absolute atomic E-state index is 1.16. The van der Waals surface area contributed by atoms with E-state index in [4.69, 9.17) is 0 Å². The Kier molecular flexibility index (Phi) is 6.16. The summed E-state index contributed by atoms with van der Waals surface area (Å²) >= 11 is 0. The van der Waals surface area contributed by atoms with Gasteiger partial charge in [-0.3, -0.25) is 0 Å². The van der Waals surface area contributed by atoms with E-state index in [0.29, 0.717) is 0 Å². The number of fused-ring (bicyclic) bond motifs is 16. The molecule has 4 heterocycles. The maximum absolute atomic E-state index is 2.56. The second kappa shape index (κ2) is 11.5. The van der Waals surface area contributed by atoms with Gasteiger partial charge in [-0.25, -0.2) is 0 Å². The number of hydrogen-bond acceptors (Lipinski definition) is 0. The molecule has 0 spiro atoms. The summed E-state index contributed by atoms with van der Waals surface area (Å²) in [5.74, 6) is 0. The highest BCUT2D eigenvalue weighted by molar-refractivity contribution is 6.25. The zero-order valence-corrected chi connectivity index (χ0v) is 30.9. The van der Waals surface area contributed by atoms with Crippen molar-refractivity contribution < 1.29 is 0 Å². The first-order valence-electron chi connectivity index (χ1n) is 19.7. The van der Waals surface area contributed by atoms with Gasteiger partial charge in [0.25, 0.3) is 0 Å². The van der Waals surface area contributed by atoms with Gasteiger partial charge in [-0.05, 0) is 75.8 Å². The number of para-hydroxylation sites is 3. The molecule has 264 valence electrons. The van der Waals surface area contributed by atoms with E-state index in [9.17, 15) is 0 Å². The summed E-state index contributed by atoms with van der Waals surface area (Å²) in [7, 11) is 0. The minimum Gasteiger partial charge on any atom is -0.309 e. The molecule has 0 aliphatic carbocycles. The largest absolute Gasteiger partial charge is 0.309 e. The van der Waals surface area contributed by atoms with Crippen molar-refractivity contribution in [2.75, 3.05) is 0 Å². The highest BCUT2D eigenvalue weighted by Gasteiger charge is 2.25. The molecule has 9 aromatic carbocycles. The van der Waals surface area contributed by atoms with Crippen LogP contribution in [0.25, 0.3) is 115 Å². The van der Waals surface area contributed by atoms with Crippen molar-refractivity contribution in [2.45, 2.75) is 0 Å². The molecule has 57 heavy (non-hydrogen) atoms. The third-order valence-corrected chi connectivity index (χ3v) is 12.4. The van der Waals surface area contributed by atoms with E-state index in [1.165, 1.54) is 109 Å².